The molecule has 0 aliphatic rings. The molecule has 1 amide bonds. The number of carbonyl (C=O) groups excluding carboxylic acids is 2. The molecule has 0 saturated carbocycles. The molecule has 0 bridgehead atoms. The summed E-state index contributed by atoms with van der Waals surface area (Å²) in [6, 6.07) is 15.3. The molecule has 0 radical (unpaired) electrons. The van der Waals surface area contributed by atoms with Gasteiger partial charge in [0.1, 0.15) is 6.54 Å². The number of aryl methyl sites for hydroxylation is 1. The van der Waals surface area contributed by atoms with Gasteiger partial charge in [0.05, 0.1) is 34.0 Å². The van der Waals surface area contributed by atoms with E-state index in [4.69, 9.17) is 4.74 Å². The van der Waals surface area contributed by atoms with Crippen molar-refractivity contribution in [3.63, 3.8) is 0 Å². The molecule has 0 spiro atoms. The fraction of sp³-hybridized carbons (Fsp3) is 0.200. The van der Waals surface area contributed by atoms with Crippen molar-refractivity contribution >= 4 is 33.3 Å². The van der Waals surface area contributed by atoms with Crippen LogP contribution >= 0.6 is 0 Å². The maximum absolute atomic E-state index is 13.4. The van der Waals surface area contributed by atoms with E-state index in [-0.39, 0.29) is 28.4 Å². The molecule has 0 heterocycles. The summed E-state index contributed by atoms with van der Waals surface area (Å²) in [4.78, 5) is 25.0. The number of benzene rings is 3. The Morgan fingerprint density at radius 2 is 1.64 bits per heavy atom. The minimum absolute atomic E-state index is 0.0414. The first kappa shape index (κ1) is 26.7. The molecule has 0 aliphatic carbocycles. The Morgan fingerprint density at radius 1 is 0.972 bits per heavy atom. The average Bonchev–Trinajstić information content (AvgIpc) is 2.83. The number of esters is 1. The first-order valence-electron chi connectivity index (χ1n) is 10.8. The van der Waals surface area contributed by atoms with Gasteiger partial charge in [-0.3, -0.25) is 9.10 Å². The van der Waals surface area contributed by atoms with Crippen molar-refractivity contribution in [1.29, 1.82) is 0 Å². The second-order valence-corrected chi connectivity index (χ2v) is 9.55. The van der Waals surface area contributed by atoms with Gasteiger partial charge in [-0.1, -0.05) is 35.9 Å². The predicted molar refractivity (Wildman–Crippen MR) is 128 cm³/mol. The summed E-state index contributed by atoms with van der Waals surface area (Å²) in [6.45, 7) is 2.60. The first-order chi connectivity index (χ1) is 16.9. The molecule has 190 valence electrons. The van der Waals surface area contributed by atoms with Gasteiger partial charge in [-0.15, -0.1) is 0 Å². The highest BCUT2D eigenvalue weighted by atomic mass is 32.2. The number of alkyl halides is 3. The minimum Gasteiger partial charge on any atom is -0.462 e. The fourth-order valence-corrected chi connectivity index (χ4v) is 4.70. The molecule has 36 heavy (non-hydrogen) atoms. The molecule has 3 aromatic carbocycles. The van der Waals surface area contributed by atoms with Crippen LogP contribution in [0.1, 0.15) is 28.4 Å². The fourth-order valence-electron chi connectivity index (χ4n) is 3.29. The molecule has 1 N–H and O–H groups in total. The predicted octanol–water partition coefficient (Wildman–Crippen LogP) is 5.02. The smallest absolute Gasteiger partial charge is 0.416 e. The summed E-state index contributed by atoms with van der Waals surface area (Å²) >= 11 is 0. The number of halogens is 3. The van der Waals surface area contributed by atoms with Gasteiger partial charge in [0.25, 0.3) is 10.0 Å². The minimum atomic E-state index is -4.73. The second-order valence-electron chi connectivity index (χ2n) is 7.69. The SMILES string of the molecule is CCOC(=O)c1ccccc1NC(=O)CN(c1cccc(C(F)(F)F)c1)S(=O)(=O)c1ccc(C)cc1. The Balaban J connectivity index is 2.01. The molecule has 0 atom stereocenters. The Labute approximate surface area is 206 Å². The summed E-state index contributed by atoms with van der Waals surface area (Å²) in [5.74, 6) is -1.57. The van der Waals surface area contributed by atoms with Crippen LogP contribution in [-0.2, 0) is 25.7 Å². The number of rotatable bonds is 8. The van der Waals surface area contributed by atoms with Gasteiger partial charge in [0, 0.05) is 0 Å². The van der Waals surface area contributed by atoms with Gasteiger partial charge in [-0.05, 0) is 56.3 Å². The van der Waals surface area contributed by atoms with Gasteiger partial charge in [-0.25, -0.2) is 13.2 Å². The van der Waals surface area contributed by atoms with E-state index in [2.05, 4.69) is 5.32 Å². The van der Waals surface area contributed by atoms with Crippen LogP contribution in [-0.4, -0.2) is 33.4 Å². The van der Waals surface area contributed by atoms with Crippen molar-refractivity contribution in [2.45, 2.75) is 24.9 Å². The number of ether oxygens (including phenoxy) is 1. The largest absolute Gasteiger partial charge is 0.462 e. The topological polar surface area (TPSA) is 92.8 Å². The lowest BCUT2D eigenvalue weighted by molar-refractivity contribution is -0.137. The van der Waals surface area contributed by atoms with E-state index >= 15 is 0 Å². The number of hydrogen-bond acceptors (Lipinski definition) is 5. The highest BCUT2D eigenvalue weighted by molar-refractivity contribution is 7.92. The number of carbonyl (C=O) groups is 2. The third-order valence-corrected chi connectivity index (χ3v) is 6.84. The lowest BCUT2D eigenvalue weighted by Gasteiger charge is -2.25. The zero-order chi connectivity index (χ0) is 26.5. The molecule has 0 aliphatic heterocycles. The standard InChI is InChI=1S/C25H23F3N2O5S/c1-3-35-24(32)21-9-4-5-10-22(21)29-23(31)16-30(19-8-6-7-18(15-19)25(26,27)28)36(33,34)20-13-11-17(2)12-14-20/h4-15H,3,16H2,1-2H3,(H,29,31). The van der Waals surface area contributed by atoms with Crippen molar-refractivity contribution in [2.24, 2.45) is 0 Å². The number of anilines is 2. The van der Waals surface area contributed by atoms with Crippen molar-refractivity contribution in [1.82, 2.24) is 0 Å². The normalized spacial score (nSPS) is 11.6. The van der Waals surface area contributed by atoms with Crippen molar-refractivity contribution in [3.05, 3.63) is 89.5 Å². The second kappa shape index (κ2) is 10.8. The zero-order valence-corrected chi connectivity index (χ0v) is 20.2. The summed E-state index contributed by atoms with van der Waals surface area (Å²) in [7, 11) is -4.44. The number of para-hydroxylation sites is 1. The van der Waals surface area contributed by atoms with Gasteiger partial charge >= 0.3 is 12.1 Å². The number of amides is 1. The van der Waals surface area contributed by atoms with Crippen molar-refractivity contribution in [2.75, 3.05) is 22.8 Å². The molecule has 3 rings (SSSR count). The van der Waals surface area contributed by atoms with E-state index in [1.165, 1.54) is 42.5 Å². The molecule has 0 aromatic heterocycles. The lowest BCUT2D eigenvalue weighted by atomic mass is 10.1. The van der Waals surface area contributed by atoms with E-state index in [1.54, 1.807) is 26.0 Å². The highest BCUT2D eigenvalue weighted by Crippen LogP contribution is 2.33. The molecular weight excluding hydrogens is 497 g/mol. The van der Waals surface area contributed by atoms with E-state index in [0.717, 1.165) is 17.7 Å². The number of hydrogen-bond donors (Lipinski definition) is 1. The zero-order valence-electron chi connectivity index (χ0n) is 19.4. The quantitative estimate of drug-likeness (QED) is 0.421. The molecular formula is C25H23F3N2O5S. The average molecular weight is 521 g/mol. The highest BCUT2D eigenvalue weighted by Gasteiger charge is 2.33. The summed E-state index contributed by atoms with van der Waals surface area (Å²) in [5.41, 5.74) is -0.540. The van der Waals surface area contributed by atoms with Crippen LogP contribution in [0.25, 0.3) is 0 Å². The Kier molecular flexibility index (Phi) is 8.03. The third-order valence-electron chi connectivity index (χ3n) is 5.05. The van der Waals surface area contributed by atoms with Crippen LogP contribution in [0.2, 0.25) is 0 Å². The summed E-state index contributed by atoms with van der Waals surface area (Å²) in [6.07, 6.45) is -4.73. The third kappa shape index (κ3) is 6.22. The monoisotopic (exact) mass is 520 g/mol. The van der Waals surface area contributed by atoms with Crippen LogP contribution < -0.4 is 9.62 Å². The molecule has 0 fully saturated rings. The molecule has 0 saturated heterocycles. The van der Waals surface area contributed by atoms with E-state index in [0.29, 0.717) is 10.4 Å². The Morgan fingerprint density at radius 3 is 2.28 bits per heavy atom. The van der Waals surface area contributed by atoms with Crippen molar-refractivity contribution in [3.8, 4) is 0 Å². The van der Waals surface area contributed by atoms with E-state index in [1.807, 2.05) is 0 Å². The molecule has 11 heteroatoms. The summed E-state index contributed by atoms with van der Waals surface area (Å²) in [5, 5.41) is 2.46. The van der Waals surface area contributed by atoms with Gasteiger partial charge in [0.15, 0.2) is 0 Å². The van der Waals surface area contributed by atoms with Crippen LogP contribution in [0.5, 0.6) is 0 Å². The number of sulfonamides is 1. The van der Waals surface area contributed by atoms with Crippen molar-refractivity contribution < 1.29 is 35.9 Å². The Hall–Kier alpha value is -3.86. The maximum atomic E-state index is 13.4. The molecule has 3 aromatic rings. The Bertz CT molecular complexity index is 1360. The van der Waals surface area contributed by atoms with Gasteiger partial charge < -0.3 is 10.1 Å². The van der Waals surface area contributed by atoms with Gasteiger partial charge in [-0.2, -0.15) is 13.2 Å². The van der Waals surface area contributed by atoms with Crippen LogP contribution in [0.4, 0.5) is 24.5 Å². The van der Waals surface area contributed by atoms with Crippen LogP contribution in [0.15, 0.2) is 77.7 Å². The maximum Gasteiger partial charge on any atom is 0.416 e. The molecule has 7 nitrogen and oxygen atoms in total. The van der Waals surface area contributed by atoms with Gasteiger partial charge in [0.2, 0.25) is 5.91 Å². The lowest BCUT2D eigenvalue weighted by Crippen LogP contribution is -2.38. The summed E-state index contributed by atoms with van der Waals surface area (Å²) < 4.78 is 72.5. The van der Waals surface area contributed by atoms with E-state index in [9.17, 15) is 31.2 Å². The number of nitrogens with one attached hydrogen (secondary N) is 1. The van der Waals surface area contributed by atoms with Crippen LogP contribution in [0.3, 0.4) is 0 Å². The van der Waals surface area contributed by atoms with Crippen LogP contribution in [0, 0.1) is 6.92 Å². The van der Waals surface area contributed by atoms with E-state index < -0.39 is 40.2 Å². The first-order valence-corrected chi connectivity index (χ1v) is 12.2. The molecule has 0 unspecified atom stereocenters. The number of nitrogens with zero attached hydrogens (tertiary/aromatic N) is 1.